The predicted octanol–water partition coefficient (Wildman–Crippen LogP) is 3.82. The van der Waals surface area contributed by atoms with Crippen LogP contribution in [0.3, 0.4) is 0 Å². The summed E-state index contributed by atoms with van der Waals surface area (Å²) < 4.78 is 9.96. The van der Waals surface area contributed by atoms with Crippen LogP contribution in [0, 0.1) is 0 Å². The van der Waals surface area contributed by atoms with Gasteiger partial charge in [-0.2, -0.15) is 5.10 Å². The molecule has 11 heteroatoms. The van der Waals surface area contributed by atoms with Gasteiger partial charge in [-0.25, -0.2) is 15.4 Å². The van der Waals surface area contributed by atoms with E-state index in [0.29, 0.717) is 25.3 Å². The molecule has 1 aromatic carbocycles. The highest BCUT2D eigenvalue weighted by molar-refractivity contribution is 5.94. The second kappa shape index (κ2) is 18.9. The summed E-state index contributed by atoms with van der Waals surface area (Å²) >= 11 is 0. The third-order valence-electron chi connectivity index (χ3n) is 7.21. The Hall–Kier alpha value is -4.48. The van der Waals surface area contributed by atoms with E-state index in [1.54, 1.807) is 30.5 Å². The maximum atomic E-state index is 12.3. The molecular weight excluding hydrogens is 560 g/mol. The molecule has 3 rings (SSSR count). The number of rotatable bonds is 13. The van der Waals surface area contributed by atoms with Crippen LogP contribution >= 0.6 is 0 Å². The Labute approximate surface area is 260 Å². The van der Waals surface area contributed by atoms with Gasteiger partial charge in [0.15, 0.2) is 0 Å². The summed E-state index contributed by atoms with van der Waals surface area (Å²) in [6.07, 6.45) is 12.7. The first-order valence-electron chi connectivity index (χ1n) is 14.7. The highest BCUT2D eigenvalue weighted by atomic mass is 16.5. The number of hydrogen-bond donors (Lipinski definition) is 3. The zero-order chi connectivity index (χ0) is 32.5. The van der Waals surface area contributed by atoms with Gasteiger partial charge >= 0.3 is 11.9 Å². The van der Waals surface area contributed by atoms with Crippen molar-refractivity contribution in [1.29, 1.82) is 0 Å². The van der Waals surface area contributed by atoms with Gasteiger partial charge in [-0.3, -0.25) is 9.80 Å². The SMILES string of the molecule is C/C=C1/CCOC(=O)/C1=C/C.C=C/C(=C\C=C\N(N)/C=N\N)CC(=O)NCCN(CC)CC(C)c1ccc2c(c1)COC2=O. The Morgan fingerprint density at radius 3 is 2.61 bits per heavy atom. The van der Waals surface area contributed by atoms with Gasteiger partial charge in [0.25, 0.3) is 0 Å². The zero-order valence-corrected chi connectivity index (χ0v) is 26.3. The van der Waals surface area contributed by atoms with Gasteiger partial charge in [0.1, 0.15) is 12.9 Å². The number of hydrazine groups is 1. The molecule has 0 aliphatic carbocycles. The molecule has 0 saturated carbocycles. The van der Waals surface area contributed by atoms with Crippen LogP contribution < -0.4 is 17.0 Å². The molecule has 5 N–H and O–H groups in total. The van der Waals surface area contributed by atoms with Crippen molar-refractivity contribution in [1.82, 2.24) is 15.2 Å². The number of benzene rings is 1. The Morgan fingerprint density at radius 1 is 1.20 bits per heavy atom. The van der Waals surface area contributed by atoms with E-state index in [1.165, 1.54) is 16.9 Å². The number of fused-ring (bicyclic) bond motifs is 1. The number of carbonyl (C=O) groups excluding carboxylic acids is 3. The standard InChI is InChI=1S/C24H34N6O3.C9H12O2/c1-4-19(7-6-11-30(26)17-28-25)13-23(31)27-10-12-29(5-2)15-18(3)20-8-9-22-21(14-20)16-33-24(22)32;1-3-7-5-6-11-9(10)8(7)4-2/h4,6-9,11,14,17-18H,1,5,10,12-13,15-16,25-26H2,2-3H3,(H,27,31);3-4H,5-6H2,1-2H3/b11-6+,19-7+,28-17-;7-3-,8-4+. The van der Waals surface area contributed by atoms with Gasteiger partial charge in [0, 0.05) is 37.8 Å². The lowest BCUT2D eigenvalue weighted by molar-refractivity contribution is -0.140. The van der Waals surface area contributed by atoms with Gasteiger partial charge < -0.3 is 25.5 Å². The van der Waals surface area contributed by atoms with E-state index in [0.717, 1.165) is 48.3 Å². The van der Waals surface area contributed by atoms with Crippen LogP contribution in [0.25, 0.3) is 0 Å². The molecule has 1 fully saturated rings. The Balaban J connectivity index is 0.000000514. The number of allylic oxidation sites excluding steroid dienone is 5. The minimum atomic E-state index is -0.247. The molecule has 1 aromatic rings. The van der Waals surface area contributed by atoms with Gasteiger partial charge in [-0.15, -0.1) is 0 Å². The minimum absolute atomic E-state index is 0.0740. The average molecular weight is 607 g/mol. The average Bonchev–Trinajstić information content (AvgIpc) is 3.39. The molecule has 44 heavy (non-hydrogen) atoms. The molecule has 0 spiro atoms. The highest BCUT2D eigenvalue weighted by Gasteiger charge is 2.22. The van der Waals surface area contributed by atoms with Crippen LogP contribution in [0.1, 0.15) is 67.9 Å². The summed E-state index contributed by atoms with van der Waals surface area (Å²) in [5.74, 6) is 10.4. The molecule has 0 radical (unpaired) electrons. The largest absolute Gasteiger partial charge is 0.462 e. The van der Waals surface area contributed by atoms with Crippen LogP contribution in [0.4, 0.5) is 0 Å². The molecule has 1 saturated heterocycles. The fourth-order valence-electron chi connectivity index (χ4n) is 4.71. The number of hydrogen-bond acceptors (Lipinski definition) is 9. The van der Waals surface area contributed by atoms with Crippen molar-refractivity contribution in [2.45, 2.75) is 53.1 Å². The van der Waals surface area contributed by atoms with Gasteiger partial charge in [0.05, 0.1) is 24.2 Å². The van der Waals surface area contributed by atoms with E-state index in [9.17, 15) is 14.4 Å². The fourth-order valence-corrected chi connectivity index (χ4v) is 4.71. The summed E-state index contributed by atoms with van der Waals surface area (Å²) in [7, 11) is 0. The molecule has 2 aliphatic heterocycles. The molecule has 11 nitrogen and oxygen atoms in total. The van der Waals surface area contributed by atoms with Crippen molar-refractivity contribution in [2.24, 2.45) is 16.8 Å². The van der Waals surface area contributed by atoms with Crippen molar-refractivity contribution < 1.29 is 23.9 Å². The number of cyclic esters (lactones) is 2. The van der Waals surface area contributed by atoms with E-state index in [4.69, 9.17) is 21.2 Å². The zero-order valence-electron chi connectivity index (χ0n) is 26.3. The van der Waals surface area contributed by atoms with Crippen LogP contribution in [0.5, 0.6) is 0 Å². The molecule has 1 atom stereocenters. The van der Waals surface area contributed by atoms with Crippen molar-refractivity contribution in [3.63, 3.8) is 0 Å². The summed E-state index contributed by atoms with van der Waals surface area (Å²) in [5, 5.41) is 7.47. The van der Waals surface area contributed by atoms with Crippen LogP contribution in [0.15, 0.2) is 83.2 Å². The van der Waals surface area contributed by atoms with Gasteiger partial charge in [0.2, 0.25) is 5.91 Å². The van der Waals surface area contributed by atoms with E-state index < -0.39 is 0 Å². The van der Waals surface area contributed by atoms with Gasteiger partial charge in [-0.1, -0.05) is 56.9 Å². The van der Waals surface area contributed by atoms with Crippen LogP contribution in [-0.4, -0.2) is 66.9 Å². The van der Waals surface area contributed by atoms with E-state index in [1.807, 2.05) is 32.1 Å². The fraction of sp³-hybridized carbons (Fsp3) is 0.394. The Morgan fingerprint density at radius 2 is 1.98 bits per heavy atom. The number of nitrogens with two attached hydrogens (primary N) is 2. The summed E-state index contributed by atoms with van der Waals surface area (Å²) in [6.45, 7) is 15.7. The second-order valence-electron chi connectivity index (χ2n) is 10.2. The smallest absolute Gasteiger partial charge is 0.338 e. The maximum absolute atomic E-state index is 12.3. The molecule has 238 valence electrons. The quantitative estimate of drug-likeness (QED) is 0.0579. The lowest BCUT2D eigenvalue weighted by Gasteiger charge is -2.25. The lowest BCUT2D eigenvalue weighted by Crippen LogP contribution is -2.36. The number of likely N-dealkylation sites (N-methyl/N-ethyl adjacent to an activating group) is 1. The van der Waals surface area contributed by atoms with E-state index >= 15 is 0 Å². The number of hydrazone groups is 1. The van der Waals surface area contributed by atoms with Crippen molar-refractivity contribution >= 4 is 24.2 Å². The third-order valence-corrected chi connectivity index (χ3v) is 7.21. The Kier molecular flexibility index (Phi) is 15.4. The first-order chi connectivity index (χ1) is 21.2. The third kappa shape index (κ3) is 11.3. The molecule has 2 aliphatic rings. The highest BCUT2D eigenvalue weighted by Crippen LogP contribution is 2.25. The summed E-state index contributed by atoms with van der Waals surface area (Å²) in [5.41, 5.74) is 5.38. The summed E-state index contributed by atoms with van der Waals surface area (Å²) in [6, 6.07) is 5.91. The topological polar surface area (TPSA) is 153 Å². The summed E-state index contributed by atoms with van der Waals surface area (Å²) in [4.78, 5) is 37.3. The van der Waals surface area contributed by atoms with E-state index in [-0.39, 0.29) is 30.2 Å². The number of ether oxygens (including phenoxy) is 2. The predicted molar refractivity (Wildman–Crippen MR) is 173 cm³/mol. The van der Waals surface area contributed by atoms with Gasteiger partial charge in [-0.05, 0) is 55.2 Å². The number of nitrogens with zero attached hydrogens (tertiary/aromatic N) is 3. The minimum Gasteiger partial charge on any atom is -0.462 e. The van der Waals surface area contributed by atoms with Crippen molar-refractivity contribution in [2.75, 3.05) is 32.8 Å². The normalized spacial score (nSPS) is 17.4. The number of nitrogens with one attached hydrogen (secondary N) is 1. The molecule has 1 amide bonds. The number of carbonyl (C=O) groups is 3. The van der Waals surface area contributed by atoms with Crippen LogP contribution in [0.2, 0.25) is 0 Å². The lowest BCUT2D eigenvalue weighted by atomic mass is 9.96. The number of esters is 2. The monoisotopic (exact) mass is 606 g/mol. The Bertz CT molecular complexity index is 1310. The van der Waals surface area contributed by atoms with Crippen LogP contribution in [-0.2, 0) is 25.7 Å². The van der Waals surface area contributed by atoms with Crippen molar-refractivity contribution in [3.05, 3.63) is 94.8 Å². The second-order valence-corrected chi connectivity index (χ2v) is 10.2. The molecule has 1 unspecified atom stereocenters. The molecule has 0 bridgehead atoms. The first-order valence-corrected chi connectivity index (χ1v) is 14.7. The molecule has 2 heterocycles. The first kappa shape index (κ1) is 35.7. The van der Waals surface area contributed by atoms with E-state index in [2.05, 4.69) is 41.8 Å². The van der Waals surface area contributed by atoms with Crippen molar-refractivity contribution in [3.8, 4) is 0 Å². The maximum Gasteiger partial charge on any atom is 0.338 e. The molecule has 0 aromatic heterocycles. The number of amides is 1. The molecular formula is C33H46N6O5.